The molecule has 2 aromatic rings. The lowest BCUT2D eigenvalue weighted by Crippen LogP contribution is -2.07. The van der Waals surface area contributed by atoms with Gasteiger partial charge in [-0.1, -0.05) is 36.5 Å². The molecule has 0 fully saturated rings. The van der Waals surface area contributed by atoms with Gasteiger partial charge >= 0.3 is 0 Å². The number of imidazole rings is 1. The van der Waals surface area contributed by atoms with Crippen LogP contribution < -0.4 is 0 Å². The molecule has 0 bridgehead atoms. The molecule has 1 aromatic carbocycles. The average Bonchev–Trinajstić information content (AvgIpc) is 2.94. The van der Waals surface area contributed by atoms with Gasteiger partial charge in [0.1, 0.15) is 0 Å². The highest BCUT2D eigenvalue weighted by atomic mass is 35.5. The van der Waals surface area contributed by atoms with Gasteiger partial charge in [-0.15, -0.1) is 11.8 Å². The summed E-state index contributed by atoms with van der Waals surface area (Å²) in [6.07, 6.45) is 9.19. The molecule has 1 unspecified atom stereocenters. The predicted molar refractivity (Wildman–Crippen MR) is 87.9 cm³/mol. The Morgan fingerprint density at radius 2 is 2.10 bits per heavy atom. The highest BCUT2D eigenvalue weighted by Gasteiger charge is 2.11. The van der Waals surface area contributed by atoms with E-state index in [0.29, 0.717) is 15.3 Å². The number of hydrogen-bond acceptors (Lipinski definition) is 2. The molecule has 5 heteroatoms. The molecule has 108 valence electrons. The van der Waals surface area contributed by atoms with Crippen LogP contribution in [0, 0.1) is 0 Å². The van der Waals surface area contributed by atoms with Crippen LogP contribution in [0.25, 0.3) is 0 Å². The topological polar surface area (TPSA) is 17.8 Å². The van der Waals surface area contributed by atoms with E-state index in [9.17, 15) is 0 Å². The third-order valence-corrected chi connectivity index (χ3v) is 5.14. The Kier molecular flexibility index (Phi) is 6.27. The van der Waals surface area contributed by atoms with Crippen molar-refractivity contribution >= 4 is 35.0 Å². The fraction of sp³-hybridized carbons (Fsp3) is 0.400. The lowest BCUT2D eigenvalue weighted by Gasteiger charge is -2.16. The summed E-state index contributed by atoms with van der Waals surface area (Å²) in [6.45, 7) is 3.22. The van der Waals surface area contributed by atoms with Crippen molar-refractivity contribution in [3.05, 3.63) is 47.0 Å². The third-order valence-electron chi connectivity index (χ3n) is 3.07. The van der Waals surface area contributed by atoms with Crippen LogP contribution in [0.1, 0.15) is 26.2 Å². The molecular weight excluding hydrogens is 311 g/mol. The summed E-state index contributed by atoms with van der Waals surface area (Å²) in [7, 11) is 0. The summed E-state index contributed by atoms with van der Waals surface area (Å²) in [4.78, 5) is 5.26. The maximum Gasteiger partial charge on any atom is 0.0945 e. The summed E-state index contributed by atoms with van der Waals surface area (Å²) in [6, 6.07) is 5.86. The van der Waals surface area contributed by atoms with Crippen molar-refractivity contribution in [3.63, 3.8) is 0 Å². The summed E-state index contributed by atoms with van der Waals surface area (Å²) >= 11 is 13.9. The zero-order chi connectivity index (χ0) is 14.4. The molecule has 0 N–H and O–H groups in total. The van der Waals surface area contributed by atoms with Gasteiger partial charge in [-0.2, -0.15) is 0 Å². The molecule has 0 spiro atoms. The number of hydrogen-bond donors (Lipinski definition) is 0. The fourth-order valence-electron chi connectivity index (χ4n) is 2.04. The minimum absolute atomic E-state index is 0.583. The van der Waals surface area contributed by atoms with Crippen molar-refractivity contribution in [1.29, 1.82) is 0 Å². The Morgan fingerprint density at radius 3 is 2.75 bits per heavy atom. The SMILES string of the molecule is CCCC(CCn1ccnc1)Sc1ccc(Cl)c(Cl)c1. The van der Waals surface area contributed by atoms with E-state index in [2.05, 4.69) is 16.5 Å². The summed E-state index contributed by atoms with van der Waals surface area (Å²) in [5.74, 6) is 0. The summed E-state index contributed by atoms with van der Waals surface area (Å²) in [5.41, 5.74) is 0. The maximum atomic E-state index is 6.07. The smallest absolute Gasteiger partial charge is 0.0945 e. The predicted octanol–water partition coefficient (Wildman–Crippen LogP) is 5.54. The number of aromatic nitrogens is 2. The van der Waals surface area contributed by atoms with Crippen LogP contribution in [0.2, 0.25) is 10.0 Å². The van der Waals surface area contributed by atoms with E-state index < -0.39 is 0 Å². The van der Waals surface area contributed by atoms with Crippen molar-refractivity contribution in [2.24, 2.45) is 0 Å². The van der Waals surface area contributed by atoms with Crippen LogP contribution >= 0.6 is 35.0 Å². The van der Waals surface area contributed by atoms with Crippen LogP contribution in [-0.2, 0) is 6.54 Å². The quantitative estimate of drug-likeness (QED) is 0.621. The van der Waals surface area contributed by atoms with E-state index in [-0.39, 0.29) is 0 Å². The minimum Gasteiger partial charge on any atom is -0.337 e. The van der Waals surface area contributed by atoms with Gasteiger partial charge in [-0.05, 0) is 31.0 Å². The van der Waals surface area contributed by atoms with E-state index >= 15 is 0 Å². The molecule has 0 saturated heterocycles. The Morgan fingerprint density at radius 1 is 1.25 bits per heavy atom. The van der Waals surface area contributed by atoms with E-state index in [1.54, 1.807) is 0 Å². The van der Waals surface area contributed by atoms with E-state index in [1.165, 1.54) is 17.7 Å². The second-order valence-electron chi connectivity index (χ2n) is 4.69. The van der Waals surface area contributed by atoms with Gasteiger partial charge < -0.3 is 4.57 Å². The standard InChI is InChI=1S/C15H18Cl2N2S/c1-2-3-12(6-8-19-9-7-18-11-19)20-13-4-5-14(16)15(17)10-13/h4-5,7,9-12H,2-3,6,8H2,1H3. The van der Waals surface area contributed by atoms with Gasteiger partial charge in [0.05, 0.1) is 16.4 Å². The lowest BCUT2D eigenvalue weighted by molar-refractivity contribution is 0.594. The second kappa shape index (κ2) is 7.96. The van der Waals surface area contributed by atoms with Gasteiger partial charge in [0, 0.05) is 29.1 Å². The maximum absolute atomic E-state index is 6.07. The molecule has 1 atom stereocenters. The lowest BCUT2D eigenvalue weighted by atomic mass is 10.2. The monoisotopic (exact) mass is 328 g/mol. The third kappa shape index (κ3) is 4.72. The molecule has 0 radical (unpaired) electrons. The first-order valence-corrected chi connectivity index (χ1v) is 8.40. The molecule has 2 rings (SSSR count). The summed E-state index contributed by atoms with van der Waals surface area (Å²) in [5, 5.41) is 1.82. The van der Waals surface area contributed by atoms with Crippen molar-refractivity contribution in [2.45, 2.75) is 42.9 Å². The van der Waals surface area contributed by atoms with E-state index in [1.807, 2.05) is 48.7 Å². The normalized spacial score (nSPS) is 12.6. The molecular formula is C15H18Cl2N2S. The molecule has 0 saturated carbocycles. The van der Waals surface area contributed by atoms with E-state index in [0.717, 1.165) is 13.0 Å². The highest BCUT2D eigenvalue weighted by molar-refractivity contribution is 8.00. The molecule has 1 heterocycles. The fourth-order valence-corrected chi connectivity index (χ4v) is 3.70. The number of halogens is 2. The number of thioether (sulfide) groups is 1. The molecule has 0 aliphatic rings. The van der Waals surface area contributed by atoms with Crippen LogP contribution in [0.3, 0.4) is 0 Å². The van der Waals surface area contributed by atoms with Gasteiger partial charge in [0.2, 0.25) is 0 Å². The van der Waals surface area contributed by atoms with Gasteiger partial charge in [0.15, 0.2) is 0 Å². The molecule has 2 nitrogen and oxygen atoms in total. The Bertz CT molecular complexity index is 529. The van der Waals surface area contributed by atoms with Crippen molar-refractivity contribution in [3.8, 4) is 0 Å². The molecule has 0 aliphatic heterocycles. The highest BCUT2D eigenvalue weighted by Crippen LogP contribution is 2.33. The Balaban J connectivity index is 1.95. The summed E-state index contributed by atoms with van der Waals surface area (Å²) < 4.78 is 2.12. The number of aryl methyl sites for hydroxylation is 1. The van der Waals surface area contributed by atoms with Gasteiger partial charge in [-0.25, -0.2) is 4.98 Å². The van der Waals surface area contributed by atoms with Crippen LogP contribution in [0.4, 0.5) is 0 Å². The number of nitrogens with zero attached hydrogens (tertiary/aromatic N) is 2. The van der Waals surface area contributed by atoms with Crippen molar-refractivity contribution < 1.29 is 0 Å². The zero-order valence-electron chi connectivity index (χ0n) is 11.4. The van der Waals surface area contributed by atoms with Gasteiger partial charge in [0.25, 0.3) is 0 Å². The number of benzene rings is 1. The zero-order valence-corrected chi connectivity index (χ0v) is 13.8. The van der Waals surface area contributed by atoms with Crippen LogP contribution in [0.15, 0.2) is 41.8 Å². The van der Waals surface area contributed by atoms with Crippen LogP contribution in [0.5, 0.6) is 0 Å². The Labute approximate surface area is 134 Å². The van der Waals surface area contributed by atoms with Crippen LogP contribution in [-0.4, -0.2) is 14.8 Å². The molecule has 1 aromatic heterocycles. The minimum atomic E-state index is 0.583. The Hall–Kier alpha value is -0.640. The van der Waals surface area contributed by atoms with Gasteiger partial charge in [-0.3, -0.25) is 0 Å². The molecule has 20 heavy (non-hydrogen) atoms. The average molecular weight is 329 g/mol. The molecule has 0 aliphatic carbocycles. The first-order chi connectivity index (χ1) is 9.69. The molecule has 0 amide bonds. The number of rotatable bonds is 7. The second-order valence-corrected chi connectivity index (χ2v) is 6.88. The first-order valence-electron chi connectivity index (χ1n) is 6.76. The first kappa shape index (κ1) is 15.7. The largest absolute Gasteiger partial charge is 0.337 e. The van der Waals surface area contributed by atoms with E-state index in [4.69, 9.17) is 23.2 Å². The van der Waals surface area contributed by atoms with Crippen molar-refractivity contribution in [2.75, 3.05) is 0 Å². The van der Waals surface area contributed by atoms with Crippen molar-refractivity contribution in [1.82, 2.24) is 9.55 Å².